The molecule has 4 N–H and O–H groups in total. The van der Waals surface area contributed by atoms with E-state index < -0.39 is 5.69 Å². The van der Waals surface area contributed by atoms with Crippen LogP contribution in [0.1, 0.15) is 38.2 Å². The van der Waals surface area contributed by atoms with Gasteiger partial charge >= 0.3 is 5.69 Å². The Morgan fingerprint density at radius 1 is 1.27 bits per heavy atom. The smallest absolute Gasteiger partial charge is 0.354 e. The molecule has 7 heteroatoms. The third-order valence-corrected chi connectivity index (χ3v) is 5.53. The SMILES string of the molecule is CCN(Cc1ccc(-n2ccc(N)nc2=O)cc1Cl)C1CCC(N)CC1. The molecule has 1 aliphatic rings. The Morgan fingerprint density at radius 3 is 2.62 bits per heavy atom. The normalized spacial score (nSPS) is 20.5. The molecule has 0 aliphatic heterocycles. The molecule has 1 fully saturated rings. The summed E-state index contributed by atoms with van der Waals surface area (Å²) in [6.45, 7) is 3.94. The molecule has 1 aromatic heterocycles. The molecule has 0 saturated heterocycles. The minimum absolute atomic E-state index is 0.208. The van der Waals surface area contributed by atoms with Crippen molar-refractivity contribution in [1.29, 1.82) is 0 Å². The van der Waals surface area contributed by atoms with E-state index in [-0.39, 0.29) is 5.82 Å². The Morgan fingerprint density at radius 2 is 2.00 bits per heavy atom. The van der Waals surface area contributed by atoms with Gasteiger partial charge in [-0.15, -0.1) is 0 Å². The summed E-state index contributed by atoms with van der Waals surface area (Å²) in [6.07, 6.45) is 6.05. The van der Waals surface area contributed by atoms with Gasteiger partial charge in [-0.25, -0.2) is 4.79 Å². The van der Waals surface area contributed by atoms with Gasteiger partial charge in [0.1, 0.15) is 5.82 Å². The maximum atomic E-state index is 12.0. The van der Waals surface area contributed by atoms with Crippen molar-refractivity contribution in [2.24, 2.45) is 5.73 Å². The Kier molecular flexibility index (Phi) is 5.96. The molecule has 1 aromatic carbocycles. The van der Waals surface area contributed by atoms with Gasteiger partial charge in [-0.1, -0.05) is 24.6 Å². The van der Waals surface area contributed by atoms with Gasteiger partial charge in [-0.05, 0) is 56.0 Å². The molecule has 0 amide bonds. The molecule has 3 rings (SSSR count). The van der Waals surface area contributed by atoms with E-state index in [1.54, 1.807) is 18.3 Å². The van der Waals surface area contributed by atoms with Crippen LogP contribution in [0, 0.1) is 0 Å². The van der Waals surface area contributed by atoms with Crippen molar-refractivity contribution in [3.63, 3.8) is 0 Å². The molecule has 0 radical (unpaired) electrons. The van der Waals surface area contributed by atoms with E-state index in [1.165, 1.54) is 4.57 Å². The standard InChI is InChI=1S/C19H26ClN5O/c1-2-24(15-7-4-14(21)5-8-15)12-13-3-6-16(11-17(13)20)25-10-9-18(22)23-19(25)26/h3,6,9-11,14-15H,2,4-5,7-8,12,21H2,1H3,(H2,22,23,26). The number of nitrogens with zero attached hydrogens (tertiary/aromatic N) is 3. The molecule has 0 spiro atoms. The second-order valence-corrected chi connectivity index (χ2v) is 7.32. The van der Waals surface area contributed by atoms with Crippen molar-refractivity contribution < 1.29 is 0 Å². The second-order valence-electron chi connectivity index (χ2n) is 6.91. The Hall–Kier alpha value is -1.89. The first-order chi connectivity index (χ1) is 12.5. The van der Waals surface area contributed by atoms with Crippen LogP contribution in [0.4, 0.5) is 5.82 Å². The Labute approximate surface area is 158 Å². The van der Waals surface area contributed by atoms with Crippen molar-refractivity contribution in [3.05, 3.63) is 51.5 Å². The summed E-state index contributed by atoms with van der Waals surface area (Å²) >= 11 is 6.52. The highest BCUT2D eigenvalue weighted by atomic mass is 35.5. The van der Waals surface area contributed by atoms with Crippen LogP contribution in [-0.4, -0.2) is 33.1 Å². The number of halogens is 1. The summed E-state index contributed by atoms with van der Waals surface area (Å²) in [5, 5.41) is 0.650. The first-order valence-corrected chi connectivity index (χ1v) is 9.49. The van der Waals surface area contributed by atoms with Crippen LogP contribution in [0.5, 0.6) is 0 Å². The van der Waals surface area contributed by atoms with Crippen molar-refractivity contribution >= 4 is 17.4 Å². The van der Waals surface area contributed by atoms with Gasteiger partial charge in [-0.2, -0.15) is 4.98 Å². The maximum Gasteiger partial charge on any atom is 0.354 e. The third-order valence-electron chi connectivity index (χ3n) is 5.18. The van der Waals surface area contributed by atoms with E-state index in [4.69, 9.17) is 23.1 Å². The lowest BCUT2D eigenvalue weighted by Gasteiger charge is -2.35. The molecule has 6 nitrogen and oxygen atoms in total. The van der Waals surface area contributed by atoms with Gasteiger partial charge in [0.15, 0.2) is 0 Å². The molecule has 26 heavy (non-hydrogen) atoms. The van der Waals surface area contributed by atoms with Crippen molar-refractivity contribution in [2.75, 3.05) is 12.3 Å². The lowest BCUT2D eigenvalue weighted by atomic mass is 9.90. The van der Waals surface area contributed by atoms with E-state index in [2.05, 4.69) is 16.8 Å². The van der Waals surface area contributed by atoms with Gasteiger partial charge in [0.05, 0.1) is 5.69 Å². The zero-order valence-corrected chi connectivity index (χ0v) is 15.8. The highest BCUT2D eigenvalue weighted by Gasteiger charge is 2.23. The van der Waals surface area contributed by atoms with Gasteiger partial charge in [0.2, 0.25) is 0 Å². The lowest BCUT2D eigenvalue weighted by Crippen LogP contribution is -2.40. The zero-order valence-electron chi connectivity index (χ0n) is 15.1. The molecule has 1 heterocycles. The number of aromatic nitrogens is 2. The molecule has 0 bridgehead atoms. The fraction of sp³-hybridized carbons (Fsp3) is 0.474. The fourth-order valence-corrected chi connectivity index (χ4v) is 3.85. The van der Waals surface area contributed by atoms with E-state index in [0.29, 0.717) is 22.8 Å². The Balaban J connectivity index is 1.77. The molecule has 0 atom stereocenters. The Bertz CT molecular complexity index is 814. The van der Waals surface area contributed by atoms with Crippen LogP contribution in [0.15, 0.2) is 35.3 Å². The third kappa shape index (κ3) is 4.26. The predicted molar refractivity (Wildman–Crippen MR) is 106 cm³/mol. The van der Waals surface area contributed by atoms with Gasteiger partial charge in [-0.3, -0.25) is 9.47 Å². The van der Waals surface area contributed by atoms with Crippen molar-refractivity contribution in [1.82, 2.24) is 14.5 Å². The number of hydrogen-bond acceptors (Lipinski definition) is 5. The van der Waals surface area contributed by atoms with Gasteiger partial charge in [0, 0.05) is 29.8 Å². The van der Waals surface area contributed by atoms with Crippen molar-refractivity contribution in [3.8, 4) is 5.69 Å². The average Bonchev–Trinajstić information content (AvgIpc) is 2.62. The summed E-state index contributed by atoms with van der Waals surface area (Å²) in [5.74, 6) is 0.208. The monoisotopic (exact) mass is 375 g/mol. The molecular weight excluding hydrogens is 350 g/mol. The number of nitrogens with two attached hydrogens (primary N) is 2. The molecule has 0 unspecified atom stereocenters. The quantitative estimate of drug-likeness (QED) is 0.838. The first-order valence-electron chi connectivity index (χ1n) is 9.11. The van der Waals surface area contributed by atoms with Gasteiger partial charge in [0.25, 0.3) is 0 Å². The lowest BCUT2D eigenvalue weighted by molar-refractivity contribution is 0.149. The average molecular weight is 376 g/mol. The summed E-state index contributed by atoms with van der Waals surface area (Å²) in [6, 6.07) is 8.18. The fourth-order valence-electron chi connectivity index (χ4n) is 3.61. The maximum absolute atomic E-state index is 12.0. The first kappa shape index (κ1) is 18.9. The van der Waals surface area contributed by atoms with E-state index >= 15 is 0 Å². The highest BCUT2D eigenvalue weighted by Crippen LogP contribution is 2.26. The summed E-state index contributed by atoms with van der Waals surface area (Å²) in [5.41, 5.74) is 12.9. The van der Waals surface area contributed by atoms with Crippen molar-refractivity contribution in [2.45, 2.75) is 51.2 Å². The highest BCUT2D eigenvalue weighted by molar-refractivity contribution is 6.31. The van der Waals surface area contributed by atoms with Crippen LogP contribution < -0.4 is 17.2 Å². The molecular formula is C19H26ClN5O. The molecule has 1 aliphatic carbocycles. The molecule has 140 valence electrons. The number of hydrogen-bond donors (Lipinski definition) is 2. The van der Waals surface area contributed by atoms with Crippen LogP contribution in [0.3, 0.4) is 0 Å². The predicted octanol–water partition coefficient (Wildman–Crippen LogP) is 2.56. The van der Waals surface area contributed by atoms with Crippen LogP contribution in [0.25, 0.3) is 5.69 Å². The number of nitrogen functional groups attached to an aromatic ring is 1. The minimum Gasteiger partial charge on any atom is -0.383 e. The van der Waals surface area contributed by atoms with Crippen LogP contribution in [0.2, 0.25) is 5.02 Å². The topological polar surface area (TPSA) is 90.2 Å². The molecule has 1 saturated carbocycles. The minimum atomic E-state index is -0.414. The summed E-state index contributed by atoms with van der Waals surface area (Å²) in [4.78, 5) is 18.2. The van der Waals surface area contributed by atoms with E-state index in [0.717, 1.165) is 44.3 Å². The van der Waals surface area contributed by atoms with Crippen LogP contribution >= 0.6 is 11.6 Å². The second kappa shape index (κ2) is 8.20. The summed E-state index contributed by atoms with van der Waals surface area (Å²) in [7, 11) is 0. The molecule has 2 aromatic rings. The van der Waals surface area contributed by atoms with Crippen LogP contribution in [-0.2, 0) is 6.54 Å². The van der Waals surface area contributed by atoms with Gasteiger partial charge < -0.3 is 11.5 Å². The largest absolute Gasteiger partial charge is 0.383 e. The van der Waals surface area contributed by atoms with E-state index in [9.17, 15) is 4.79 Å². The number of benzene rings is 1. The summed E-state index contributed by atoms with van der Waals surface area (Å²) < 4.78 is 1.44. The van der Waals surface area contributed by atoms with E-state index in [1.807, 2.05) is 12.1 Å². The number of rotatable bonds is 5. The number of anilines is 1. The zero-order chi connectivity index (χ0) is 18.7.